The van der Waals surface area contributed by atoms with Crippen molar-refractivity contribution >= 4 is 5.78 Å². The van der Waals surface area contributed by atoms with Gasteiger partial charge in [-0.05, 0) is 48.6 Å². The lowest BCUT2D eigenvalue weighted by Crippen LogP contribution is -2.23. The zero-order valence-electron chi connectivity index (χ0n) is 12.3. The van der Waals surface area contributed by atoms with Crippen molar-refractivity contribution < 1.29 is 4.79 Å². The lowest BCUT2D eigenvalue weighted by molar-refractivity contribution is 0.0980. The maximum absolute atomic E-state index is 12.3. The second-order valence-electron chi connectivity index (χ2n) is 5.67. The van der Waals surface area contributed by atoms with E-state index in [9.17, 15) is 4.79 Å². The fourth-order valence-electron chi connectivity index (χ4n) is 2.90. The number of rotatable bonds is 5. The molecule has 2 aromatic rings. The molecule has 21 heavy (non-hydrogen) atoms. The first kappa shape index (κ1) is 14.0. The van der Waals surface area contributed by atoms with Gasteiger partial charge >= 0.3 is 0 Å². The van der Waals surface area contributed by atoms with Crippen LogP contribution >= 0.6 is 0 Å². The largest absolute Gasteiger partial charge is 0.312 e. The van der Waals surface area contributed by atoms with Crippen molar-refractivity contribution in [3.8, 4) is 0 Å². The summed E-state index contributed by atoms with van der Waals surface area (Å²) in [4.78, 5) is 12.3. The Morgan fingerprint density at radius 1 is 1.05 bits per heavy atom. The van der Waals surface area contributed by atoms with Crippen LogP contribution in [0.5, 0.6) is 0 Å². The van der Waals surface area contributed by atoms with E-state index in [-0.39, 0.29) is 5.78 Å². The first-order chi connectivity index (χ1) is 10.3. The van der Waals surface area contributed by atoms with Crippen LogP contribution < -0.4 is 5.32 Å². The van der Waals surface area contributed by atoms with Gasteiger partial charge in [-0.3, -0.25) is 4.79 Å². The van der Waals surface area contributed by atoms with Gasteiger partial charge in [0.1, 0.15) is 0 Å². The summed E-state index contributed by atoms with van der Waals surface area (Å²) in [6.07, 6.45) is 3.58. The molecule has 1 heterocycles. The van der Waals surface area contributed by atoms with Crippen molar-refractivity contribution in [3.05, 3.63) is 70.8 Å². The maximum Gasteiger partial charge on any atom is 0.162 e. The fourth-order valence-corrected chi connectivity index (χ4v) is 2.90. The Kier molecular flexibility index (Phi) is 4.46. The molecule has 0 fully saturated rings. The molecule has 0 aliphatic carbocycles. The smallest absolute Gasteiger partial charge is 0.162 e. The first-order valence-corrected chi connectivity index (χ1v) is 7.72. The van der Waals surface area contributed by atoms with Crippen molar-refractivity contribution in [3.63, 3.8) is 0 Å². The Bertz CT molecular complexity index is 619. The lowest BCUT2D eigenvalue weighted by Gasteiger charge is -2.17. The highest BCUT2D eigenvalue weighted by atomic mass is 16.1. The molecule has 0 atom stereocenters. The van der Waals surface area contributed by atoms with Crippen LogP contribution in [0.25, 0.3) is 0 Å². The molecular formula is C19H21NO. The molecule has 0 bridgehead atoms. The molecule has 0 unspecified atom stereocenters. The minimum atomic E-state index is 0.263. The summed E-state index contributed by atoms with van der Waals surface area (Å²) in [5.74, 6) is 0.263. The average molecular weight is 279 g/mol. The van der Waals surface area contributed by atoms with Gasteiger partial charge in [0.25, 0.3) is 0 Å². The Balaban J connectivity index is 1.58. The minimum Gasteiger partial charge on any atom is -0.312 e. The van der Waals surface area contributed by atoms with E-state index in [1.165, 1.54) is 16.7 Å². The van der Waals surface area contributed by atoms with E-state index in [1.54, 1.807) is 0 Å². The van der Waals surface area contributed by atoms with Gasteiger partial charge in [-0.15, -0.1) is 0 Å². The highest BCUT2D eigenvalue weighted by molar-refractivity contribution is 5.96. The van der Waals surface area contributed by atoms with Gasteiger partial charge in [-0.25, -0.2) is 0 Å². The standard InChI is InChI=1S/C19H21NO/c21-19(8-4-7-15-5-2-1-3-6-15)17-10-9-16-11-12-20-14-18(16)13-17/h1-3,5-6,9-10,13,20H,4,7-8,11-12,14H2. The molecule has 1 N–H and O–H groups in total. The number of hydrogen-bond donors (Lipinski definition) is 1. The SMILES string of the molecule is O=C(CCCc1ccccc1)c1ccc2c(c1)CNCC2. The average Bonchev–Trinajstić information content (AvgIpc) is 2.55. The van der Waals surface area contributed by atoms with E-state index in [1.807, 2.05) is 24.3 Å². The summed E-state index contributed by atoms with van der Waals surface area (Å²) in [7, 11) is 0. The Hall–Kier alpha value is -1.93. The number of benzene rings is 2. The van der Waals surface area contributed by atoms with E-state index in [4.69, 9.17) is 0 Å². The molecular weight excluding hydrogens is 258 g/mol. The predicted octanol–water partition coefficient (Wildman–Crippen LogP) is 3.54. The molecule has 1 aliphatic heterocycles. The van der Waals surface area contributed by atoms with Crippen molar-refractivity contribution in [1.82, 2.24) is 5.32 Å². The van der Waals surface area contributed by atoms with Gasteiger partial charge in [-0.1, -0.05) is 42.5 Å². The molecule has 0 radical (unpaired) electrons. The molecule has 0 saturated carbocycles. The molecule has 3 rings (SSSR count). The summed E-state index contributed by atoms with van der Waals surface area (Å²) >= 11 is 0. The van der Waals surface area contributed by atoms with Gasteiger partial charge in [-0.2, -0.15) is 0 Å². The van der Waals surface area contributed by atoms with Crippen LogP contribution in [-0.4, -0.2) is 12.3 Å². The summed E-state index contributed by atoms with van der Waals surface area (Å²) in [6, 6.07) is 16.6. The molecule has 108 valence electrons. The van der Waals surface area contributed by atoms with Gasteiger partial charge < -0.3 is 5.32 Å². The lowest BCUT2D eigenvalue weighted by atomic mass is 9.95. The zero-order chi connectivity index (χ0) is 14.5. The van der Waals surface area contributed by atoms with E-state index < -0.39 is 0 Å². The predicted molar refractivity (Wildman–Crippen MR) is 85.6 cm³/mol. The number of carbonyl (C=O) groups excluding carboxylic acids is 1. The van der Waals surface area contributed by atoms with E-state index in [0.717, 1.165) is 37.9 Å². The van der Waals surface area contributed by atoms with Gasteiger partial charge in [0.2, 0.25) is 0 Å². The topological polar surface area (TPSA) is 29.1 Å². The summed E-state index contributed by atoms with van der Waals surface area (Å²) in [5.41, 5.74) is 4.84. The maximum atomic E-state index is 12.3. The highest BCUT2D eigenvalue weighted by Crippen LogP contribution is 2.17. The number of nitrogens with one attached hydrogen (secondary N) is 1. The third-order valence-corrected chi connectivity index (χ3v) is 4.13. The third-order valence-electron chi connectivity index (χ3n) is 4.13. The number of aryl methyl sites for hydroxylation is 1. The molecule has 0 amide bonds. The second-order valence-corrected chi connectivity index (χ2v) is 5.67. The van der Waals surface area contributed by atoms with E-state index in [0.29, 0.717) is 6.42 Å². The third kappa shape index (κ3) is 3.59. The minimum absolute atomic E-state index is 0.263. The van der Waals surface area contributed by atoms with Gasteiger partial charge in [0, 0.05) is 18.5 Å². The van der Waals surface area contributed by atoms with Crippen LogP contribution in [0.3, 0.4) is 0 Å². The monoisotopic (exact) mass is 279 g/mol. The fraction of sp³-hybridized carbons (Fsp3) is 0.316. The van der Waals surface area contributed by atoms with Crippen molar-refractivity contribution in [2.24, 2.45) is 0 Å². The summed E-state index contributed by atoms with van der Waals surface area (Å²) < 4.78 is 0. The highest BCUT2D eigenvalue weighted by Gasteiger charge is 2.12. The van der Waals surface area contributed by atoms with Gasteiger partial charge in [0.15, 0.2) is 5.78 Å². The van der Waals surface area contributed by atoms with Crippen LogP contribution in [0.1, 0.15) is 39.9 Å². The molecule has 0 saturated heterocycles. The number of Topliss-reactive ketones (excluding diaryl/α,β-unsaturated/α-hetero) is 1. The molecule has 2 heteroatoms. The van der Waals surface area contributed by atoms with Crippen LogP contribution in [0, 0.1) is 0 Å². The summed E-state index contributed by atoms with van der Waals surface area (Å²) in [6.45, 7) is 1.93. The molecule has 0 spiro atoms. The number of carbonyl (C=O) groups is 1. The quantitative estimate of drug-likeness (QED) is 0.848. The molecule has 0 aromatic heterocycles. The van der Waals surface area contributed by atoms with Crippen molar-refractivity contribution in [2.75, 3.05) is 6.54 Å². The van der Waals surface area contributed by atoms with Crippen LogP contribution in [0.2, 0.25) is 0 Å². The first-order valence-electron chi connectivity index (χ1n) is 7.72. The van der Waals surface area contributed by atoms with Crippen molar-refractivity contribution in [1.29, 1.82) is 0 Å². The van der Waals surface area contributed by atoms with E-state index in [2.05, 4.69) is 29.6 Å². The zero-order valence-corrected chi connectivity index (χ0v) is 12.3. The molecule has 2 nitrogen and oxygen atoms in total. The summed E-state index contributed by atoms with van der Waals surface area (Å²) in [5, 5.41) is 3.36. The van der Waals surface area contributed by atoms with Crippen molar-refractivity contribution in [2.45, 2.75) is 32.2 Å². The van der Waals surface area contributed by atoms with Gasteiger partial charge in [0.05, 0.1) is 0 Å². The molecule has 1 aliphatic rings. The number of fused-ring (bicyclic) bond motifs is 1. The number of ketones is 1. The normalized spacial score (nSPS) is 13.7. The van der Waals surface area contributed by atoms with E-state index >= 15 is 0 Å². The van der Waals surface area contributed by atoms with Crippen LogP contribution in [-0.2, 0) is 19.4 Å². The van der Waals surface area contributed by atoms with Crippen LogP contribution in [0.15, 0.2) is 48.5 Å². The second kappa shape index (κ2) is 6.68. The Morgan fingerprint density at radius 2 is 1.90 bits per heavy atom. The molecule has 2 aromatic carbocycles. The van der Waals surface area contributed by atoms with Crippen LogP contribution in [0.4, 0.5) is 0 Å². The Labute approximate surface area is 126 Å². The number of hydrogen-bond acceptors (Lipinski definition) is 2. The Morgan fingerprint density at radius 3 is 2.76 bits per heavy atom.